The van der Waals surface area contributed by atoms with Crippen LogP contribution in [-0.2, 0) is 22.6 Å². The van der Waals surface area contributed by atoms with Crippen molar-refractivity contribution in [2.24, 2.45) is 5.73 Å². The number of morpholine rings is 1. The predicted octanol–water partition coefficient (Wildman–Crippen LogP) is 0.643. The van der Waals surface area contributed by atoms with Crippen LogP contribution in [0.3, 0.4) is 0 Å². The van der Waals surface area contributed by atoms with E-state index in [1.807, 2.05) is 6.07 Å². The van der Waals surface area contributed by atoms with Crippen LogP contribution in [0.4, 0.5) is 4.39 Å². The van der Waals surface area contributed by atoms with Crippen molar-refractivity contribution in [1.82, 2.24) is 4.90 Å². The van der Waals surface area contributed by atoms with Crippen molar-refractivity contribution < 1.29 is 13.9 Å². The molecule has 0 radical (unpaired) electrons. The normalized spacial score (nSPS) is 16.4. The summed E-state index contributed by atoms with van der Waals surface area (Å²) >= 11 is 0. The van der Waals surface area contributed by atoms with Gasteiger partial charge in [-0.25, -0.2) is 4.39 Å². The van der Waals surface area contributed by atoms with Gasteiger partial charge in [-0.05, 0) is 23.3 Å². The Morgan fingerprint density at radius 1 is 1.35 bits per heavy atom. The van der Waals surface area contributed by atoms with E-state index in [0.717, 1.165) is 11.1 Å². The Morgan fingerprint density at radius 3 is 2.82 bits per heavy atom. The Balaban J connectivity index is 2.11. The second-order valence-electron chi connectivity index (χ2n) is 4.04. The maximum absolute atomic E-state index is 13.3. The fraction of sp³-hybridized carbons (Fsp3) is 0.417. The van der Waals surface area contributed by atoms with Gasteiger partial charge in [0.25, 0.3) is 0 Å². The van der Waals surface area contributed by atoms with Crippen LogP contribution in [0.1, 0.15) is 11.1 Å². The molecule has 1 aromatic carbocycles. The molecule has 1 fully saturated rings. The molecule has 1 saturated heterocycles. The minimum atomic E-state index is -0.316. The van der Waals surface area contributed by atoms with E-state index in [2.05, 4.69) is 0 Å². The van der Waals surface area contributed by atoms with Gasteiger partial charge >= 0.3 is 0 Å². The summed E-state index contributed by atoms with van der Waals surface area (Å²) in [6.07, 6.45) is 0. The highest BCUT2D eigenvalue weighted by atomic mass is 19.1. The van der Waals surface area contributed by atoms with E-state index >= 15 is 0 Å². The zero-order chi connectivity index (χ0) is 12.3. The summed E-state index contributed by atoms with van der Waals surface area (Å²) in [6, 6.07) is 4.67. The van der Waals surface area contributed by atoms with Crippen LogP contribution < -0.4 is 5.73 Å². The largest absolute Gasteiger partial charge is 0.370 e. The van der Waals surface area contributed by atoms with Gasteiger partial charge in [-0.3, -0.25) is 4.79 Å². The molecule has 1 aliphatic rings. The Labute approximate surface area is 99.2 Å². The fourth-order valence-electron chi connectivity index (χ4n) is 1.86. The van der Waals surface area contributed by atoms with Gasteiger partial charge < -0.3 is 15.4 Å². The molecular formula is C12H15FN2O2. The van der Waals surface area contributed by atoms with Gasteiger partial charge in [-0.15, -0.1) is 0 Å². The standard InChI is InChI=1S/C12H15FN2O2/c13-11-4-9(6-14)3-10(5-11)7-15-1-2-17-8-12(15)16/h3-5H,1-2,6-8,14H2. The Morgan fingerprint density at radius 2 is 2.12 bits per heavy atom. The monoisotopic (exact) mass is 238 g/mol. The highest BCUT2D eigenvalue weighted by molar-refractivity contribution is 5.78. The van der Waals surface area contributed by atoms with Crippen LogP contribution in [-0.4, -0.2) is 30.6 Å². The van der Waals surface area contributed by atoms with E-state index in [9.17, 15) is 9.18 Å². The van der Waals surface area contributed by atoms with Crippen molar-refractivity contribution in [1.29, 1.82) is 0 Å². The number of nitrogens with zero attached hydrogens (tertiary/aromatic N) is 1. The Kier molecular flexibility index (Phi) is 3.71. The lowest BCUT2D eigenvalue weighted by atomic mass is 10.1. The minimum Gasteiger partial charge on any atom is -0.370 e. The first-order valence-corrected chi connectivity index (χ1v) is 5.53. The van der Waals surface area contributed by atoms with Crippen molar-refractivity contribution >= 4 is 5.91 Å². The van der Waals surface area contributed by atoms with Crippen LogP contribution in [0.2, 0.25) is 0 Å². The summed E-state index contributed by atoms with van der Waals surface area (Å²) in [5.41, 5.74) is 6.98. The first kappa shape index (κ1) is 12.0. The third-order valence-electron chi connectivity index (χ3n) is 2.71. The number of hydrogen-bond acceptors (Lipinski definition) is 3. The van der Waals surface area contributed by atoms with Gasteiger partial charge in [0.15, 0.2) is 0 Å². The number of hydrogen-bond donors (Lipinski definition) is 1. The van der Waals surface area contributed by atoms with Gasteiger partial charge in [0.1, 0.15) is 12.4 Å². The molecule has 0 bridgehead atoms. The average molecular weight is 238 g/mol. The molecule has 1 heterocycles. The number of benzene rings is 1. The number of carbonyl (C=O) groups excluding carboxylic acids is 1. The SMILES string of the molecule is NCc1cc(F)cc(CN2CCOCC2=O)c1. The number of nitrogens with two attached hydrogens (primary N) is 1. The third kappa shape index (κ3) is 3.01. The number of amides is 1. The van der Waals surface area contributed by atoms with Crippen molar-refractivity contribution in [2.45, 2.75) is 13.1 Å². The van der Waals surface area contributed by atoms with Crippen molar-refractivity contribution in [3.63, 3.8) is 0 Å². The Hall–Kier alpha value is -1.46. The van der Waals surface area contributed by atoms with E-state index in [0.29, 0.717) is 26.2 Å². The van der Waals surface area contributed by atoms with Crippen molar-refractivity contribution in [3.05, 3.63) is 35.1 Å². The zero-order valence-electron chi connectivity index (χ0n) is 9.49. The first-order chi connectivity index (χ1) is 8.19. The summed E-state index contributed by atoms with van der Waals surface area (Å²) in [5.74, 6) is -0.376. The lowest BCUT2D eigenvalue weighted by Gasteiger charge is -2.27. The highest BCUT2D eigenvalue weighted by Gasteiger charge is 2.18. The minimum absolute atomic E-state index is 0.0604. The van der Waals surface area contributed by atoms with Crippen LogP contribution in [0.25, 0.3) is 0 Å². The van der Waals surface area contributed by atoms with E-state index in [-0.39, 0.29) is 18.3 Å². The molecule has 0 spiro atoms. The summed E-state index contributed by atoms with van der Waals surface area (Å²) < 4.78 is 18.3. The van der Waals surface area contributed by atoms with E-state index < -0.39 is 0 Å². The molecule has 0 aliphatic carbocycles. The maximum atomic E-state index is 13.3. The molecule has 4 nitrogen and oxygen atoms in total. The number of ether oxygens (including phenoxy) is 1. The first-order valence-electron chi connectivity index (χ1n) is 5.53. The molecule has 2 rings (SSSR count). The number of carbonyl (C=O) groups is 1. The van der Waals surface area contributed by atoms with Gasteiger partial charge in [0, 0.05) is 19.6 Å². The van der Waals surface area contributed by atoms with E-state index in [1.54, 1.807) is 4.90 Å². The number of rotatable bonds is 3. The molecule has 0 aromatic heterocycles. The zero-order valence-corrected chi connectivity index (χ0v) is 9.49. The second-order valence-corrected chi connectivity index (χ2v) is 4.04. The molecule has 5 heteroatoms. The van der Waals surface area contributed by atoms with Crippen LogP contribution in [0.15, 0.2) is 18.2 Å². The van der Waals surface area contributed by atoms with Crippen LogP contribution in [0, 0.1) is 5.82 Å². The summed E-state index contributed by atoms with van der Waals surface area (Å²) in [7, 11) is 0. The van der Waals surface area contributed by atoms with Crippen molar-refractivity contribution in [3.8, 4) is 0 Å². The third-order valence-corrected chi connectivity index (χ3v) is 2.71. The van der Waals surface area contributed by atoms with Crippen LogP contribution >= 0.6 is 0 Å². The lowest BCUT2D eigenvalue weighted by molar-refractivity contribution is -0.143. The average Bonchev–Trinajstić information content (AvgIpc) is 2.31. The molecule has 1 amide bonds. The molecule has 2 N–H and O–H groups in total. The topological polar surface area (TPSA) is 55.6 Å². The molecule has 1 aliphatic heterocycles. The Bertz CT molecular complexity index is 423. The molecule has 0 atom stereocenters. The molecule has 1 aromatic rings. The highest BCUT2D eigenvalue weighted by Crippen LogP contribution is 2.12. The fourth-order valence-corrected chi connectivity index (χ4v) is 1.86. The molecular weight excluding hydrogens is 223 g/mol. The summed E-state index contributed by atoms with van der Waals surface area (Å²) in [6.45, 7) is 1.89. The van der Waals surface area contributed by atoms with Gasteiger partial charge in [-0.1, -0.05) is 6.07 Å². The molecule has 0 saturated carbocycles. The summed E-state index contributed by atoms with van der Waals surface area (Å²) in [5, 5.41) is 0. The molecule has 17 heavy (non-hydrogen) atoms. The van der Waals surface area contributed by atoms with Gasteiger partial charge in [0.2, 0.25) is 5.91 Å². The molecule has 92 valence electrons. The van der Waals surface area contributed by atoms with E-state index in [1.165, 1.54) is 12.1 Å². The van der Waals surface area contributed by atoms with E-state index in [4.69, 9.17) is 10.5 Å². The van der Waals surface area contributed by atoms with Crippen LogP contribution in [0.5, 0.6) is 0 Å². The predicted molar refractivity (Wildman–Crippen MR) is 60.5 cm³/mol. The van der Waals surface area contributed by atoms with Crippen molar-refractivity contribution in [2.75, 3.05) is 19.8 Å². The quantitative estimate of drug-likeness (QED) is 0.841. The lowest BCUT2D eigenvalue weighted by Crippen LogP contribution is -2.40. The van der Waals surface area contributed by atoms with Gasteiger partial charge in [-0.2, -0.15) is 0 Å². The smallest absolute Gasteiger partial charge is 0.248 e. The maximum Gasteiger partial charge on any atom is 0.248 e. The summed E-state index contributed by atoms with van der Waals surface area (Å²) in [4.78, 5) is 13.2. The second kappa shape index (κ2) is 5.25. The molecule has 0 unspecified atom stereocenters. The number of halogens is 1. The van der Waals surface area contributed by atoms with Gasteiger partial charge in [0.05, 0.1) is 6.61 Å².